The molecule has 2 aromatic rings. The van der Waals surface area contributed by atoms with E-state index in [9.17, 15) is 18.0 Å². The summed E-state index contributed by atoms with van der Waals surface area (Å²) in [4.78, 5) is 25.0. The molecule has 0 aliphatic carbocycles. The summed E-state index contributed by atoms with van der Waals surface area (Å²) >= 11 is 0. The fourth-order valence-corrected chi connectivity index (χ4v) is 5.64. The van der Waals surface area contributed by atoms with Crippen molar-refractivity contribution in [2.75, 3.05) is 19.7 Å². The molecule has 3 unspecified atom stereocenters. The number of nitrogens with one attached hydrogen (secondary N) is 1. The van der Waals surface area contributed by atoms with Crippen LogP contribution in [0.2, 0.25) is 0 Å². The summed E-state index contributed by atoms with van der Waals surface area (Å²) in [5.74, 6) is -1.18. The van der Waals surface area contributed by atoms with Crippen LogP contribution in [-0.4, -0.2) is 56.5 Å². The molecule has 3 atom stereocenters. The maximum Gasteiger partial charge on any atom is 0.338 e. The molecule has 1 amide bonds. The van der Waals surface area contributed by atoms with Crippen LogP contribution in [-0.2, 0) is 24.3 Å². The largest absolute Gasteiger partial charge is 0.452 e. The van der Waals surface area contributed by atoms with E-state index < -0.39 is 28.5 Å². The van der Waals surface area contributed by atoms with Crippen molar-refractivity contribution in [2.24, 2.45) is 0 Å². The number of amides is 1. The van der Waals surface area contributed by atoms with Gasteiger partial charge < -0.3 is 14.8 Å². The van der Waals surface area contributed by atoms with Gasteiger partial charge in [-0.05, 0) is 44.0 Å². The van der Waals surface area contributed by atoms with Crippen LogP contribution in [0.25, 0.3) is 0 Å². The summed E-state index contributed by atoms with van der Waals surface area (Å²) in [5.41, 5.74) is 1.05. The van der Waals surface area contributed by atoms with E-state index in [1.807, 2.05) is 51.1 Å². The van der Waals surface area contributed by atoms with Crippen LogP contribution in [0.4, 0.5) is 0 Å². The molecule has 184 valence electrons. The highest BCUT2D eigenvalue weighted by Crippen LogP contribution is 2.22. The number of benzene rings is 2. The number of carbonyl (C=O) groups is 2. The Balaban J connectivity index is 1.63. The first-order valence-corrected chi connectivity index (χ1v) is 12.9. The minimum absolute atomic E-state index is 0.000195. The second-order valence-electron chi connectivity index (χ2n) is 8.50. The molecular formula is C25H32N2O6S. The average Bonchev–Trinajstić information content (AvgIpc) is 2.82. The van der Waals surface area contributed by atoms with E-state index in [2.05, 4.69) is 5.32 Å². The number of hydrogen-bond acceptors (Lipinski definition) is 6. The van der Waals surface area contributed by atoms with Gasteiger partial charge in [0.15, 0.2) is 6.61 Å². The predicted octanol–water partition coefficient (Wildman–Crippen LogP) is 3.30. The van der Waals surface area contributed by atoms with E-state index in [1.54, 1.807) is 0 Å². The number of morpholine rings is 1. The predicted molar refractivity (Wildman–Crippen MR) is 128 cm³/mol. The standard InChI is InChI=1S/C25H32N2O6S/c1-4-9-23(20-10-6-5-7-11-20)26-24(28)17-32-25(29)21-12-8-13-22(14-21)34(30,31)27-15-18(2)33-19(3)16-27/h5-8,10-14,18-19,23H,4,9,15-17H2,1-3H3,(H,26,28). The maximum absolute atomic E-state index is 13.1. The summed E-state index contributed by atoms with van der Waals surface area (Å²) in [6, 6.07) is 15.1. The Bertz CT molecular complexity index is 1080. The number of rotatable bonds is 9. The first-order chi connectivity index (χ1) is 16.2. The van der Waals surface area contributed by atoms with Gasteiger partial charge in [-0.1, -0.05) is 49.7 Å². The average molecular weight is 489 g/mol. The lowest BCUT2D eigenvalue weighted by atomic mass is 10.0. The van der Waals surface area contributed by atoms with Gasteiger partial charge in [0, 0.05) is 13.1 Å². The van der Waals surface area contributed by atoms with Crippen molar-refractivity contribution in [3.63, 3.8) is 0 Å². The van der Waals surface area contributed by atoms with Crippen LogP contribution >= 0.6 is 0 Å². The summed E-state index contributed by atoms with van der Waals surface area (Å²) in [6.07, 6.45) is 1.18. The van der Waals surface area contributed by atoms with E-state index in [0.717, 1.165) is 18.4 Å². The van der Waals surface area contributed by atoms with Crippen molar-refractivity contribution >= 4 is 21.9 Å². The first kappa shape index (κ1) is 25.9. The van der Waals surface area contributed by atoms with Gasteiger partial charge in [0.2, 0.25) is 10.0 Å². The lowest BCUT2D eigenvalue weighted by Gasteiger charge is -2.34. The summed E-state index contributed by atoms with van der Waals surface area (Å²) in [5, 5.41) is 2.90. The van der Waals surface area contributed by atoms with E-state index in [1.165, 1.54) is 28.6 Å². The number of nitrogens with zero attached hydrogens (tertiary/aromatic N) is 1. The molecule has 1 heterocycles. The highest BCUT2D eigenvalue weighted by atomic mass is 32.2. The maximum atomic E-state index is 13.1. The Morgan fingerprint density at radius 1 is 1.09 bits per heavy atom. The van der Waals surface area contributed by atoms with Crippen LogP contribution in [0, 0.1) is 0 Å². The van der Waals surface area contributed by atoms with Crippen molar-refractivity contribution in [3.05, 3.63) is 65.7 Å². The number of sulfonamides is 1. The van der Waals surface area contributed by atoms with Crippen LogP contribution in [0.1, 0.15) is 55.6 Å². The van der Waals surface area contributed by atoms with Gasteiger partial charge in [0.1, 0.15) is 0 Å². The van der Waals surface area contributed by atoms with Crippen molar-refractivity contribution in [1.82, 2.24) is 9.62 Å². The molecule has 1 N–H and O–H groups in total. The van der Waals surface area contributed by atoms with Gasteiger partial charge in [0.25, 0.3) is 5.91 Å². The smallest absolute Gasteiger partial charge is 0.338 e. The quantitative estimate of drug-likeness (QED) is 0.544. The summed E-state index contributed by atoms with van der Waals surface area (Å²) in [6.45, 7) is 5.69. The van der Waals surface area contributed by atoms with E-state index >= 15 is 0 Å². The third-order valence-electron chi connectivity index (χ3n) is 5.54. The highest BCUT2D eigenvalue weighted by Gasteiger charge is 2.32. The van der Waals surface area contributed by atoms with E-state index in [4.69, 9.17) is 9.47 Å². The van der Waals surface area contributed by atoms with E-state index in [0.29, 0.717) is 0 Å². The third kappa shape index (κ3) is 6.65. The molecule has 1 fully saturated rings. The van der Waals surface area contributed by atoms with Gasteiger partial charge in [-0.15, -0.1) is 0 Å². The fourth-order valence-electron chi connectivity index (χ4n) is 4.01. The monoisotopic (exact) mass is 488 g/mol. The van der Waals surface area contributed by atoms with Gasteiger partial charge in [0.05, 0.1) is 28.7 Å². The molecule has 3 rings (SSSR count). The Morgan fingerprint density at radius 2 is 1.76 bits per heavy atom. The van der Waals surface area contributed by atoms with Gasteiger partial charge in [-0.25, -0.2) is 13.2 Å². The molecule has 1 aliphatic rings. The van der Waals surface area contributed by atoms with Crippen molar-refractivity contribution in [2.45, 2.75) is 56.8 Å². The van der Waals surface area contributed by atoms with Gasteiger partial charge >= 0.3 is 5.97 Å². The summed E-state index contributed by atoms with van der Waals surface area (Å²) in [7, 11) is -3.80. The minimum atomic E-state index is -3.80. The number of hydrogen-bond donors (Lipinski definition) is 1. The van der Waals surface area contributed by atoms with Crippen LogP contribution in [0.5, 0.6) is 0 Å². The van der Waals surface area contributed by atoms with Crippen LogP contribution < -0.4 is 5.32 Å². The lowest BCUT2D eigenvalue weighted by molar-refractivity contribution is -0.125. The normalized spacial score (nSPS) is 19.9. The molecule has 1 saturated heterocycles. The SMILES string of the molecule is CCCC(NC(=O)COC(=O)c1cccc(S(=O)(=O)N2CC(C)OC(C)C2)c1)c1ccccc1. The Kier molecular flexibility index (Phi) is 8.82. The molecule has 0 spiro atoms. The Hall–Kier alpha value is -2.75. The summed E-state index contributed by atoms with van der Waals surface area (Å²) < 4.78 is 38.3. The molecule has 0 radical (unpaired) electrons. The Labute approximate surface area is 201 Å². The molecule has 8 nitrogen and oxygen atoms in total. The molecule has 0 saturated carbocycles. The zero-order valence-electron chi connectivity index (χ0n) is 19.8. The topological polar surface area (TPSA) is 102 Å². The first-order valence-electron chi connectivity index (χ1n) is 11.5. The molecule has 9 heteroatoms. The molecule has 0 bridgehead atoms. The fraction of sp³-hybridized carbons (Fsp3) is 0.440. The molecular weight excluding hydrogens is 456 g/mol. The van der Waals surface area contributed by atoms with Crippen LogP contribution in [0.3, 0.4) is 0 Å². The Morgan fingerprint density at radius 3 is 2.41 bits per heavy atom. The van der Waals surface area contributed by atoms with Gasteiger partial charge in [-0.2, -0.15) is 4.31 Å². The van der Waals surface area contributed by atoms with Crippen molar-refractivity contribution < 1.29 is 27.5 Å². The third-order valence-corrected chi connectivity index (χ3v) is 7.37. The van der Waals surface area contributed by atoms with Crippen LogP contribution in [0.15, 0.2) is 59.5 Å². The molecule has 0 aromatic heterocycles. The van der Waals surface area contributed by atoms with E-state index in [-0.39, 0.29) is 41.8 Å². The lowest BCUT2D eigenvalue weighted by Crippen LogP contribution is -2.48. The zero-order chi connectivity index (χ0) is 24.7. The molecule has 34 heavy (non-hydrogen) atoms. The number of carbonyl (C=O) groups excluding carboxylic acids is 2. The van der Waals surface area contributed by atoms with Gasteiger partial charge in [-0.3, -0.25) is 4.79 Å². The highest BCUT2D eigenvalue weighted by molar-refractivity contribution is 7.89. The molecule has 2 aromatic carbocycles. The van der Waals surface area contributed by atoms with Crippen molar-refractivity contribution in [1.29, 1.82) is 0 Å². The van der Waals surface area contributed by atoms with Crippen molar-refractivity contribution in [3.8, 4) is 0 Å². The minimum Gasteiger partial charge on any atom is -0.452 e. The molecule has 1 aliphatic heterocycles. The second kappa shape index (κ2) is 11.6. The number of esters is 1. The number of ether oxygens (including phenoxy) is 2. The zero-order valence-corrected chi connectivity index (χ0v) is 20.6. The second-order valence-corrected chi connectivity index (χ2v) is 10.4.